The molecule has 1 aliphatic rings. The minimum Gasteiger partial charge on any atom is -0.489 e. The molecule has 0 saturated carbocycles. The van der Waals surface area contributed by atoms with Gasteiger partial charge >= 0.3 is 5.97 Å². The van der Waals surface area contributed by atoms with Gasteiger partial charge in [0.15, 0.2) is 0 Å². The number of benzene rings is 1. The number of aliphatic carboxylic acids is 1. The summed E-state index contributed by atoms with van der Waals surface area (Å²) in [5, 5.41) is 8.97. The second kappa shape index (κ2) is 8.54. The number of nitrogens with zero attached hydrogens (tertiary/aromatic N) is 2. The monoisotopic (exact) mass is 336 g/mol. The van der Waals surface area contributed by atoms with E-state index in [-0.39, 0.29) is 5.91 Å². The number of piperazine rings is 1. The van der Waals surface area contributed by atoms with Gasteiger partial charge in [0.05, 0.1) is 12.3 Å². The average Bonchev–Trinajstić information content (AvgIpc) is 2.61. The molecule has 1 saturated heterocycles. The Morgan fingerprint density at radius 1 is 1.17 bits per heavy atom. The van der Waals surface area contributed by atoms with Gasteiger partial charge < -0.3 is 24.4 Å². The zero-order valence-electron chi connectivity index (χ0n) is 14.1. The maximum Gasteiger partial charge on any atom is 0.315 e. The van der Waals surface area contributed by atoms with Crippen LogP contribution in [0.1, 0.15) is 6.92 Å². The first-order valence-corrected chi connectivity index (χ1v) is 8.02. The van der Waals surface area contributed by atoms with Crippen molar-refractivity contribution in [3.63, 3.8) is 0 Å². The molecule has 1 unspecified atom stereocenters. The molecule has 7 heteroatoms. The molecule has 0 aliphatic carbocycles. The first kappa shape index (κ1) is 18.1. The van der Waals surface area contributed by atoms with Crippen molar-refractivity contribution in [3.8, 4) is 5.75 Å². The van der Waals surface area contributed by atoms with Crippen molar-refractivity contribution in [3.05, 3.63) is 24.3 Å². The van der Waals surface area contributed by atoms with Gasteiger partial charge in [0.25, 0.3) is 0 Å². The maximum atomic E-state index is 12.1. The van der Waals surface area contributed by atoms with Crippen molar-refractivity contribution >= 4 is 17.6 Å². The van der Waals surface area contributed by atoms with Crippen molar-refractivity contribution in [2.75, 3.05) is 51.4 Å². The largest absolute Gasteiger partial charge is 0.489 e. The summed E-state index contributed by atoms with van der Waals surface area (Å²) < 4.78 is 10.8. The summed E-state index contributed by atoms with van der Waals surface area (Å²) in [6.45, 7) is 4.71. The van der Waals surface area contributed by atoms with Crippen LogP contribution in [0, 0.1) is 5.92 Å². The Morgan fingerprint density at radius 3 is 2.46 bits per heavy atom. The lowest BCUT2D eigenvalue weighted by molar-refractivity contribution is -0.150. The van der Waals surface area contributed by atoms with Gasteiger partial charge in [-0.2, -0.15) is 0 Å². The van der Waals surface area contributed by atoms with E-state index in [4.69, 9.17) is 14.6 Å². The van der Waals surface area contributed by atoms with Crippen molar-refractivity contribution in [1.82, 2.24) is 4.90 Å². The highest BCUT2D eigenvalue weighted by molar-refractivity contribution is 5.96. The zero-order valence-corrected chi connectivity index (χ0v) is 14.1. The summed E-state index contributed by atoms with van der Waals surface area (Å²) in [4.78, 5) is 26.8. The van der Waals surface area contributed by atoms with Crippen LogP contribution in [0.2, 0.25) is 0 Å². The van der Waals surface area contributed by atoms with E-state index in [1.54, 1.807) is 12.0 Å². The Hall–Kier alpha value is -2.28. The van der Waals surface area contributed by atoms with Gasteiger partial charge in [-0.15, -0.1) is 0 Å². The third-order valence-electron chi connectivity index (χ3n) is 4.08. The molecule has 0 aromatic heterocycles. The lowest BCUT2D eigenvalue weighted by Crippen LogP contribution is -2.51. The van der Waals surface area contributed by atoms with Gasteiger partial charge in [-0.3, -0.25) is 9.59 Å². The Bertz CT molecular complexity index is 570. The first-order valence-electron chi connectivity index (χ1n) is 8.02. The molecule has 1 amide bonds. The number of carbonyl (C=O) groups is 2. The number of carbonyl (C=O) groups excluding carboxylic acids is 1. The standard InChI is InChI=1S/C17H24N2O5/c1-13(17(21)22)16(20)19-9-7-18(8-10-19)14-5-3-4-6-15(14)24-12-11-23-2/h3-6,13H,7-12H2,1-2H3,(H,21,22). The van der Waals surface area contributed by atoms with Crippen molar-refractivity contribution < 1.29 is 24.2 Å². The number of methoxy groups -OCH3 is 1. The van der Waals surface area contributed by atoms with Gasteiger partial charge in [0.1, 0.15) is 18.3 Å². The number of para-hydroxylation sites is 2. The Balaban J connectivity index is 1.97. The van der Waals surface area contributed by atoms with E-state index in [2.05, 4.69) is 4.90 Å². The fourth-order valence-electron chi connectivity index (χ4n) is 2.62. The smallest absolute Gasteiger partial charge is 0.315 e. The number of carboxylic acids is 1. The summed E-state index contributed by atoms with van der Waals surface area (Å²) in [7, 11) is 1.63. The lowest BCUT2D eigenvalue weighted by atomic mass is 10.1. The van der Waals surface area contributed by atoms with Gasteiger partial charge in [0, 0.05) is 33.3 Å². The Morgan fingerprint density at radius 2 is 1.83 bits per heavy atom. The number of carboxylic acid groups (broad SMARTS) is 1. The number of hydrogen-bond acceptors (Lipinski definition) is 5. The molecule has 0 radical (unpaired) electrons. The normalized spacial score (nSPS) is 15.9. The third kappa shape index (κ3) is 4.38. The van der Waals surface area contributed by atoms with Gasteiger partial charge in [0.2, 0.25) is 5.91 Å². The quantitative estimate of drug-likeness (QED) is 0.593. The second-order valence-electron chi connectivity index (χ2n) is 5.68. The number of hydrogen-bond donors (Lipinski definition) is 1. The van der Waals surface area contributed by atoms with E-state index in [0.29, 0.717) is 39.4 Å². The molecule has 0 bridgehead atoms. The van der Waals surface area contributed by atoms with Gasteiger partial charge in [-0.1, -0.05) is 12.1 Å². The minimum absolute atomic E-state index is 0.327. The van der Waals surface area contributed by atoms with Crippen LogP contribution in [0.15, 0.2) is 24.3 Å². The predicted octanol–water partition coefficient (Wildman–Crippen LogP) is 1.08. The van der Waals surface area contributed by atoms with Gasteiger partial charge in [-0.05, 0) is 19.1 Å². The van der Waals surface area contributed by atoms with E-state index < -0.39 is 11.9 Å². The zero-order chi connectivity index (χ0) is 17.5. The number of rotatable bonds is 7. The van der Waals surface area contributed by atoms with Crippen LogP contribution in [0.25, 0.3) is 0 Å². The van der Waals surface area contributed by atoms with Crippen LogP contribution in [0.4, 0.5) is 5.69 Å². The van der Waals surface area contributed by atoms with E-state index in [1.165, 1.54) is 6.92 Å². The fraction of sp³-hybridized carbons (Fsp3) is 0.529. The lowest BCUT2D eigenvalue weighted by Gasteiger charge is -2.37. The van der Waals surface area contributed by atoms with Gasteiger partial charge in [-0.25, -0.2) is 0 Å². The molecule has 132 valence electrons. The molecule has 24 heavy (non-hydrogen) atoms. The molecule has 1 fully saturated rings. The van der Waals surface area contributed by atoms with E-state index in [0.717, 1.165) is 11.4 Å². The minimum atomic E-state index is -1.08. The predicted molar refractivity (Wildman–Crippen MR) is 89.4 cm³/mol. The molecule has 1 aromatic rings. The highest BCUT2D eigenvalue weighted by Gasteiger charge is 2.29. The summed E-state index contributed by atoms with van der Waals surface area (Å²) in [5.41, 5.74) is 0.979. The fourth-order valence-corrected chi connectivity index (χ4v) is 2.62. The number of anilines is 1. The van der Waals surface area contributed by atoms with E-state index in [9.17, 15) is 9.59 Å². The molecule has 1 N–H and O–H groups in total. The van der Waals surface area contributed by atoms with Crippen LogP contribution in [-0.4, -0.2) is 68.4 Å². The maximum absolute atomic E-state index is 12.1. The summed E-state index contributed by atoms with van der Waals surface area (Å²) >= 11 is 0. The van der Waals surface area contributed by atoms with Crippen molar-refractivity contribution in [2.24, 2.45) is 5.92 Å². The molecule has 1 atom stereocenters. The molecular weight excluding hydrogens is 312 g/mol. The van der Waals surface area contributed by atoms with Crippen LogP contribution >= 0.6 is 0 Å². The molecule has 2 rings (SSSR count). The second-order valence-corrected chi connectivity index (χ2v) is 5.68. The van der Waals surface area contributed by atoms with Crippen molar-refractivity contribution in [1.29, 1.82) is 0 Å². The van der Waals surface area contributed by atoms with Crippen LogP contribution in [-0.2, 0) is 14.3 Å². The SMILES string of the molecule is COCCOc1ccccc1N1CCN(C(=O)C(C)C(=O)O)CC1. The van der Waals surface area contributed by atoms with Crippen LogP contribution in [0.5, 0.6) is 5.75 Å². The topological polar surface area (TPSA) is 79.3 Å². The highest BCUT2D eigenvalue weighted by Crippen LogP contribution is 2.29. The molecular formula is C17H24N2O5. The van der Waals surface area contributed by atoms with Crippen LogP contribution in [0.3, 0.4) is 0 Å². The Kier molecular flexibility index (Phi) is 6.43. The highest BCUT2D eigenvalue weighted by atomic mass is 16.5. The van der Waals surface area contributed by atoms with E-state index >= 15 is 0 Å². The number of amides is 1. The molecule has 1 aromatic carbocycles. The van der Waals surface area contributed by atoms with E-state index in [1.807, 2.05) is 24.3 Å². The average molecular weight is 336 g/mol. The number of ether oxygens (including phenoxy) is 2. The first-order chi connectivity index (χ1) is 11.5. The molecule has 1 aliphatic heterocycles. The molecule has 1 heterocycles. The summed E-state index contributed by atoms with van der Waals surface area (Å²) in [5.74, 6) is -1.62. The van der Waals surface area contributed by atoms with Crippen molar-refractivity contribution in [2.45, 2.75) is 6.92 Å². The molecule has 0 spiro atoms. The van der Waals surface area contributed by atoms with Crippen LogP contribution < -0.4 is 9.64 Å². The molecule has 7 nitrogen and oxygen atoms in total. The Labute approximate surface area is 141 Å². The summed E-state index contributed by atoms with van der Waals surface area (Å²) in [6, 6.07) is 7.76. The summed E-state index contributed by atoms with van der Waals surface area (Å²) in [6.07, 6.45) is 0. The third-order valence-corrected chi connectivity index (χ3v) is 4.08.